The fourth-order valence-corrected chi connectivity index (χ4v) is 4.41. The van der Waals surface area contributed by atoms with Crippen molar-refractivity contribution in [3.05, 3.63) is 36.2 Å². The number of fused-ring (bicyclic) bond motifs is 2. The van der Waals surface area contributed by atoms with Crippen molar-refractivity contribution in [1.29, 1.82) is 0 Å². The molecule has 3 aromatic rings. The van der Waals surface area contributed by atoms with Crippen molar-refractivity contribution in [2.45, 2.75) is 26.3 Å². The van der Waals surface area contributed by atoms with Crippen molar-refractivity contribution in [2.75, 3.05) is 68.5 Å². The summed E-state index contributed by atoms with van der Waals surface area (Å²) in [6, 6.07) is 7.83. The van der Waals surface area contributed by atoms with Crippen LogP contribution in [0.15, 0.2) is 30.5 Å². The molecule has 2 aliphatic rings. The molecule has 0 atom stereocenters. The van der Waals surface area contributed by atoms with E-state index in [1.54, 1.807) is 10.7 Å². The van der Waals surface area contributed by atoms with Crippen molar-refractivity contribution < 1.29 is 14.3 Å². The molecule has 1 aromatic carbocycles. The summed E-state index contributed by atoms with van der Waals surface area (Å²) in [5, 5.41) is 17.9. The molecule has 4 heterocycles. The van der Waals surface area contributed by atoms with Gasteiger partial charge in [-0.15, -0.1) is 5.10 Å². The van der Waals surface area contributed by atoms with Crippen molar-refractivity contribution in [3.63, 3.8) is 0 Å². The van der Waals surface area contributed by atoms with Gasteiger partial charge in [0.2, 0.25) is 0 Å². The molecule has 192 valence electrons. The molecule has 0 bridgehead atoms. The Morgan fingerprint density at radius 3 is 2.89 bits per heavy atom. The second-order valence-electron chi connectivity index (χ2n) is 9.27. The number of ether oxygens (including phenoxy) is 2. The third-order valence-electron chi connectivity index (χ3n) is 6.13. The van der Waals surface area contributed by atoms with E-state index in [1.165, 1.54) is 0 Å². The van der Waals surface area contributed by atoms with Gasteiger partial charge in [0.1, 0.15) is 6.61 Å². The number of anilines is 4. The Bertz CT molecular complexity index is 1210. The summed E-state index contributed by atoms with van der Waals surface area (Å²) in [6.45, 7) is 10.5. The number of amides is 1. The van der Waals surface area contributed by atoms with Crippen LogP contribution in [0.2, 0.25) is 0 Å². The van der Waals surface area contributed by atoms with Gasteiger partial charge in [-0.3, -0.25) is 9.69 Å². The molecule has 0 aliphatic carbocycles. The molecule has 0 spiro atoms. The van der Waals surface area contributed by atoms with Crippen LogP contribution in [0.3, 0.4) is 0 Å². The van der Waals surface area contributed by atoms with Gasteiger partial charge in [-0.2, -0.15) is 0 Å². The molecule has 1 fully saturated rings. The van der Waals surface area contributed by atoms with Crippen LogP contribution in [0.1, 0.15) is 30.8 Å². The van der Waals surface area contributed by atoms with Gasteiger partial charge >= 0.3 is 0 Å². The van der Waals surface area contributed by atoms with E-state index in [1.807, 2.05) is 38.1 Å². The van der Waals surface area contributed by atoms with Crippen molar-refractivity contribution in [1.82, 2.24) is 24.8 Å². The first kappa shape index (κ1) is 24.1. The fourth-order valence-electron chi connectivity index (χ4n) is 4.41. The molecular formula is C25H34N8O3. The van der Waals surface area contributed by atoms with Crippen LogP contribution >= 0.6 is 0 Å². The molecular weight excluding hydrogens is 460 g/mol. The van der Waals surface area contributed by atoms with Crippen LogP contribution in [0.25, 0.3) is 5.65 Å². The number of morpholine rings is 1. The average molecular weight is 495 g/mol. The summed E-state index contributed by atoms with van der Waals surface area (Å²) in [7, 11) is 0. The number of hydrogen-bond donors (Lipinski definition) is 4. The maximum atomic E-state index is 12.8. The maximum Gasteiger partial charge on any atom is 0.271 e. The minimum absolute atomic E-state index is 0.00244. The molecule has 2 aliphatic heterocycles. The molecule has 0 saturated carbocycles. The quantitative estimate of drug-likeness (QED) is 0.333. The molecule has 1 amide bonds. The Balaban J connectivity index is 1.40. The standard InChI is InChI=1S/C25H34N8O3/c1-17(2)29-25(34)21-16-28-24-20(26-7-4-9-32-10-13-35-14-11-32)15-22(31-33(21)24)30-19-6-3-5-18-23(19)36-12-8-27-18/h3,5-6,15-17,26-27H,4,7-14H2,1-2H3,(H,29,34)(H,30,31). The molecule has 2 aromatic heterocycles. The third kappa shape index (κ3) is 5.47. The van der Waals surface area contributed by atoms with Crippen LogP contribution in [-0.4, -0.2) is 84.0 Å². The highest BCUT2D eigenvalue weighted by Gasteiger charge is 2.19. The van der Waals surface area contributed by atoms with E-state index in [0.29, 0.717) is 23.8 Å². The third-order valence-corrected chi connectivity index (χ3v) is 6.13. The molecule has 11 heteroatoms. The lowest BCUT2D eigenvalue weighted by molar-refractivity contribution is 0.0378. The predicted octanol–water partition coefficient (Wildman–Crippen LogP) is 2.55. The average Bonchev–Trinajstić information content (AvgIpc) is 3.31. The molecule has 4 N–H and O–H groups in total. The van der Waals surface area contributed by atoms with Crippen molar-refractivity contribution in [2.24, 2.45) is 0 Å². The van der Waals surface area contributed by atoms with Crippen molar-refractivity contribution in [3.8, 4) is 5.75 Å². The molecule has 0 unspecified atom stereocenters. The lowest BCUT2D eigenvalue weighted by Gasteiger charge is -2.26. The van der Waals surface area contributed by atoms with Gasteiger partial charge in [0.05, 0.1) is 36.5 Å². The highest BCUT2D eigenvalue weighted by molar-refractivity contribution is 5.94. The smallest absolute Gasteiger partial charge is 0.271 e. The molecule has 36 heavy (non-hydrogen) atoms. The SMILES string of the molecule is CC(C)NC(=O)c1cnc2c(NCCCN3CCOCC3)cc(Nc3cccc4c3OCCN4)nn12. The summed E-state index contributed by atoms with van der Waals surface area (Å²) in [4.78, 5) is 19.8. The van der Waals surface area contributed by atoms with Gasteiger partial charge in [-0.05, 0) is 38.9 Å². The van der Waals surface area contributed by atoms with Gasteiger partial charge in [0, 0.05) is 38.3 Å². The van der Waals surface area contributed by atoms with E-state index in [4.69, 9.17) is 14.6 Å². The first-order valence-corrected chi connectivity index (χ1v) is 12.6. The number of carbonyl (C=O) groups excluding carboxylic acids is 1. The monoisotopic (exact) mass is 494 g/mol. The number of nitrogens with zero attached hydrogens (tertiary/aromatic N) is 4. The van der Waals surface area contributed by atoms with Crippen LogP contribution in [0, 0.1) is 0 Å². The van der Waals surface area contributed by atoms with Gasteiger partial charge in [-0.1, -0.05) is 6.07 Å². The Kier molecular flexibility index (Phi) is 7.38. The van der Waals surface area contributed by atoms with E-state index >= 15 is 0 Å². The van der Waals surface area contributed by atoms with E-state index in [-0.39, 0.29) is 11.9 Å². The topological polar surface area (TPSA) is 117 Å². The van der Waals surface area contributed by atoms with E-state index in [0.717, 1.165) is 75.2 Å². The number of aromatic nitrogens is 3. The summed E-state index contributed by atoms with van der Waals surface area (Å²) < 4.78 is 12.9. The second-order valence-corrected chi connectivity index (χ2v) is 9.27. The molecule has 11 nitrogen and oxygen atoms in total. The van der Waals surface area contributed by atoms with Crippen LogP contribution < -0.4 is 26.0 Å². The number of imidazole rings is 1. The Hall–Kier alpha value is -3.57. The lowest BCUT2D eigenvalue weighted by Crippen LogP contribution is -2.37. The van der Waals surface area contributed by atoms with Crippen LogP contribution in [0.4, 0.5) is 22.9 Å². The zero-order valence-corrected chi connectivity index (χ0v) is 20.8. The van der Waals surface area contributed by atoms with Crippen molar-refractivity contribution >= 4 is 34.4 Å². The summed E-state index contributed by atoms with van der Waals surface area (Å²) in [6.07, 6.45) is 2.55. The first-order valence-electron chi connectivity index (χ1n) is 12.6. The number of nitrogens with one attached hydrogen (secondary N) is 4. The van der Waals surface area contributed by atoms with Crippen LogP contribution in [-0.2, 0) is 4.74 Å². The Labute approximate surface area is 210 Å². The van der Waals surface area contributed by atoms with Gasteiger partial charge in [0.25, 0.3) is 5.91 Å². The maximum absolute atomic E-state index is 12.8. The van der Waals surface area contributed by atoms with Gasteiger partial charge in [-0.25, -0.2) is 9.50 Å². The zero-order chi connectivity index (χ0) is 24.9. The summed E-state index contributed by atoms with van der Waals surface area (Å²) >= 11 is 0. The minimum Gasteiger partial charge on any atom is -0.487 e. The number of rotatable bonds is 9. The second kappa shape index (κ2) is 11.0. The minimum atomic E-state index is -0.218. The van der Waals surface area contributed by atoms with Gasteiger partial charge < -0.3 is 30.7 Å². The molecule has 1 saturated heterocycles. The van der Waals surface area contributed by atoms with E-state index in [2.05, 4.69) is 31.2 Å². The first-order chi connectivity index (χ1) is 17.6. The van der Waals surface area contributed by atoms with E-state index in [9.17, 15) is 4.79 Å². The largest absolute Gasteiger partial charge is 0.487 e. The summed E-state index contributed by atoms with van der Waals surface area (Å²) in [5.41, 5.74) is 3.54. The lowest BCUT2D eigenvalue weighted by atomic mass is 10.2. The number of para-hydroxylation sites is 1. The normalized spacial score (nSPS) is 15.8. The highest BCUT2D eigenvalue weighted by atomic mass is 16.5. The van der Waals surface area contributed by atoms with Gasteiger partial charge in [0.15, 0.2) is 22.9 Å². The summed E-state index contributed by atoms with van der Waals surface area (Å²) in [5.74, 6) is 1.12. The predicted molar refractivity (Wildman–Crippen MR) is 140 cm³/mol. The highest BCUT2D eigenvalue weighted by Crippen LogP contribution is 2.37. The number of benzene rings is 1. The molecule has 0 radical (unpaired) electrons. The van der Waals surface area contributed by atoms with E-state index < -0.39 is 0 Å². The molecule has 5 rings (SSSR count). The van der Waals surface area contributed by atoms with Crippen LogP contribution in [0.5, 0.6) is 5.75 Å². The Morgan fingerprint density at radius 2 is 2.06 bits per heavy atom. The fraction of sp³-hybridized carbons (Fsp3) is 0.480. The Morgan fingerprint density at radius 1 is 1.19 bits per heavy atom. The number of hydrogen-bond acceptors (Lipinski definition) is 9. The zero-order valence-electron chi connectivity index (χ0n) is 20.8. The number of carbonyl (C=O) groups is 1.